The van der Waals surface area contributed by atoms with Crippen LogP contribution in [0.4, 0.5) is 0 Å². The summed E-state index contributed by atoms with van der Waals surface area (Å²) in [6.45, 7) is 5.30. The Labute approximate surface area is 78.5 Å². The molecule has 0 aromatic carbocycles. The summed E-state index contributed by atoms with van der Waals surface area (Å²) < 4.78 is 0. The van der Waals surface area contributed by atoms with E-state index in [9.17, 15) is 4.79 Å². The van der Waals surface area contributed by atoms with Crippen molar-refractivity contribution in [3.8, 4) is 0 Å². The van der Waals surface area contributed by atoms with Gasteiger partial charge in [0, 0.05) is 13.1 Å². The molecule has 0 rings (SSSR count). The van der Waals surface area contributed by atoms with E-state index in [-0.39, 0.29) is 6.61 Å². The lowest BCUT2D eigenvalue weighted by Gasteiger charge is -2.15. The number of hydrogen-bond acceptors (Lipinski definition) is 3. The van der Waals surface area contributed by atoms with Gasteiger partial charge >= 0.3 is 5.97 Å². The molecule has 0 aliphatic heterocycles. The third-order valence-corrected chi connectivity index (χ3v) is 1.86. The molecule has 0 heterocycles. The first-order valence-corrected chi connectivity index (χ1v) is 4.41. The van der Waals surface area contributed by atoms with E-state index in [1.165, 1.54) is 6.08 Å². The molecule has 0 saturated heterocycles. The van der Waals surface area contributed by atoms with Gasteiger partial charge in [-0.15, -0.1) is 0 Å². The zero-order valence-corrected chi connectivity index (χ0v) is 8.10. The van der Waals surface area contributed by atoms with Crippen LogP contribution in [0, 0.1) is 5.92 Å². The number of carboxylic acid groups (broad SMARTS) is 1. The highest BCUT2D eigenvalue weighted by molar-refractivity contribution is 5.72. The Kier molecular flexibility index (Phi) is 5.97. The number of rotatable bonds is 6. The van der Waals surface area contributed by atoms with Gasteiger partial charge in [-0.3, -0.25) is 4.79 Å². The monoisotopic (exact) mass is 187 g/mol. The molecule has 0 aromatic heterocycles. The van der Waals surface area contributed by atoms with Crippen molar-refractivity contribution in [3.05, 3.63) is 12.3 Å². The Morgan fingerprint density at radius 1 is 1.46 bits per heavy atom. The van der Waals surface area contributed by atoms with Gasteiger partial charge in [0.2, 0.25) is 0 Å². The topological polar surface area (TPSA) is 60.8 Å². The van der Waals surface area contributed by atoms with Gasteiger partial charge in [-0.2, -0.15) is 0 Å². The molecule has 0 saturated carbocycles. The second-order valence-electron chi connectivity index (χ2n) is 2.69. The maximum absolute atomic E-state index is 10.5. The van der Waals surface area contributed by atoms with Crippen LogP contribution in [0.2, 0.25) is 0 Å². The predicted octanol–water partition coefficient (Wildman–Crippen LogP) is 0.535. The Morgan fingerprint density at radius 3 is 2.31 bits per heavy atom. The normalized spacial score (nSPS) is 13.2. The molecule has 0 spiro atoms. The number of nitrogens with zero attached hydrogens (tertiary/aromatic N) is 1. The van der Waals surface area contributed by atoms with Crippen LogP contribution in [0.25, 0.3) is 0 Å². The van der Waals surface area contributed by atoms with Crippen molar-refractivity contribution in [3.63, 3.8) is 0 Å². The molecular formula is C9H17NO3. The Balaban J connectivity index is 4.12. The molecule has 0 radical (unpaired) electrons. The zero-order valence-electron chi connectivity index (χ0n) is 8.10. The van der Waals surface area contributed by atoms with E-state index in [1.807, 2.05) is 18.7 Å². The third kappa shape index (κ3) is 4.52. The minimum atomic E-state index is -0.995. The van der Waals surface area contributed by atoms with Crippen LogP contribution in [-0.2, 0) is 4.79 Å². The number of carbonyl (C=O) groups is 1. The summed E-state index contributed by atoms with van der Waals surface area (Å²) in [4.78, 5) is 12.5. The van der Waals surface area contributed by atoms with E-state index >= 15 is 0 Å². The SMILES string of the molecule is CCN(C=CC(CO)C(=O)O)CC. The van der Waals surface area contributed by atoms with Crippen molar-refractivity contribution in [2.75, 3.05) is 19.7 Å². The molecule has 0 amide bonds. The van der Waals surface area contributed by atoms with E-state index in [2.05, 4.69) is 0 Å². The van der Waals surface area contributed by atoms with Crippen molar-refractivity contribution >= 4 is 5.97 Å². The molecule has 1 atom stereocenters. The van der Waals surface area contributed by atoms with E-state index in [0.717, 1.165) is 13.1 Å². The van der Waals surface area contributed by atoms with Crippen LogP contribution >= 0.6 is 0 Å². The predicted molar refractivity (Wildman–Crippen MR) is 50.3 cm³/mol. The summed E-state index contributed by atoms with van der Waals surface area (Å²) in [6, 6.07) is 0. The highest BCUT2D eigenvalue weighted by Crippen LogP contribution is 1.99. The van der Waals surface area contributed by atoms with Gasteiger partial charge < -0.3 is 15.1 Å². The molecule has 0 bridgehead atoms. The Hall–Kier alpha value is -1.03. The first-order chi connectivity index (χ1) is 6.15. The standard InChI is InChI=1S/C9H17NO3/c1-3-10(4-2)6-5-8(7-11)9(12)13/h5-6,8,11H,3-4,7H2,1-2H3,(H,12,13). The Bertz CT molecular complexity index is 176. The molecule has 4 heteroatoms. The highest BCUT2D eigenvalue weighted by atomic mass is 16.4. The van der Waals surface area contributed by atoms with Crippen molar-refractivity contribution in [2.24, 2.45) is 5.92 Å². The maximum Gasteiger partial charge on any atom is 0.312 e. The fourth-order valence-corrected chi connectivity index (χ4v) is 0.881. The smallest absolute Gasteiger partial charge is 0.312 e. The minimum Gasteiger partial charge on any atom is -0.481 e. The van der Waals surface area contributed by atoms with Gasteiger partial charge in [0.15, 0.2) is 0 Å². The number of hydrogen-bond donors (Lipinski definition) is 2. The molecule has 0 aromatic rings. The lowest BCUT2D eigenvalue weighted by atomic mass is 10.1. The average molecular weight is 187 g/mol. The fraction of sp³-hybridized carbons (Fsp3) is 0.667. The lowest BCUT2D eigenvalue weighted by Crippen LogP contribution is -2.19. The first-order valence-electron chi connectivity index (χ1n) is 4.41. The molecule has 76 valence electrons. The van der Waals surface area contributed by atoms with Crippen molar-refractivity contribution in [1.29, 1.82) is 0 Å². The summed E-state index contributed by atoms with van der Waals surface area (Å²) >= 11 is 0. The maximum atomic E-state index is 10.5. The molecule has 13 heavy (non-hydrogen) atoms. The first kappa shape index (κ1) is 12.0. The Morgan fingerprint density at radius 2 is 2.00 bits per heavy atom. The van der Waals surface area contributed by atoms with Crippen molar-refractivity contribution < 1.29 is 15.0 Å². The van der Waals surface area contributed by atoms with Crippen molar-refractivity contribution in [2.45, 2.75) is 13.8 Å². The number of aliphatic hydroxyl groups excluding tert-OH is 1. The molecule has 4 nitrogen and oxygen atoms in total. The molecule has 0 aliphatic carbocycles. The van der Waals surface area contributed by atoms with Crippen molar-refractivity contribution in [1.82, 2.24) is 4.90 Å². The van der Waals surface area contributed by atoms with Crippen LogP contribution in [0.1, 0.15) is 13.8 Å². The molecule has 2 N–H and O–H groups in total. The largest absolute Gasteiger partial charge is 0.481 e. The second kappa shape index (κ2) is 6.48. The summed E-state index contributed by atoms with van der Waals surface area (Å²) in [5, 5.41) is 17.3. The molecule has 0 aliphatic rings. The van der Waals surface area contributed by atoms with Crippen LogP contribution < -0.4 is 0 Å². The number of aliphatic hydroxyl groups is 1. The van der Waals surface area contributed by atoms with Gasteiger partial charge in [0.1, 0.15) is 0 Å². The quantitative estimate of drug-likeness (QED) is 0.637. The lowest BCUT2D eigenvalue weighted by molar-refractivity contribution is -0.141. The van der Waals surface area contributed by atoms with Crippen LogP contribution in [0.15, 0.2) is 12.3 Å². The van der Waals surface area contributed by atoms with E-state index in [0.29, 0.717) is 0 Å². The summed E-state index contributed by atoms with van der Waals surface area (Å²) in [6.07, 6.45) is 3.23. The van der Waals surface area contributed by atoms with Gasteiger partial charge in [0.05, 0.1) is 12.5 Å². The molecule has 0 fully saturated rings. The molecular weight excluding hydrogens is 170 g/mol. The molecule has 1 unspecified atom stereocenters. The number of aliphatic carboxylic acids is 1. The fourth-order valence-electron chi connectivity index (χ4n) is 0.881. The summed E-state index contributed by atoms with van der Waals surface area (Å²) in [7, 11) is 0. The van der Waals surface area contributed by atoms with Crippen LogP contribution in [0.5, 0.6) is 0 Å². The van der Waals surface area contributed by atoms with E-state index < -0.39 is 11.9 Å². The zero-order chi connectivity index (χ0) is 10.3. The summed E-state index contributed by atoms with van der Waals surface area (Å²) in [5.74, 6) is -1.79. The minimum absolute atomic E-state index is 0.354. The van der Waals surface area contributed by atoms with Gasteiger partial charge in [0.25, 0.3) is 0 Å². The van der Waals surface area contributed by atoms with Gasteiger partial charge in [-0.25, -0.2) is 0 Å². The van der Waals surface area contributed by atoms with E-state index in [1.54, 1.807) is 6.20 Å². The highest BCUT2D eigenvalue weighted by Gasteiger charge is 2.11. The van der Waals surface area contributed by atoms with E-state index in [4.69, 9.17) is 10.2 Å². The third-order valence-electron chi connectivity index (χ3n) is 1.86. The number of carboxylic acids is 1. The average Bonchev–Trinajstić information content (AvgIpc) is 2.12. The van der Waals surface area contributed by atoms with Gasteiger partial charge in [-0.1, -0.05) is 6.08 Å². The van der Waals surface area contributed by atoms with Crippen LogP contribution in [-0.4, -0.2) is 40.8 Å². The summed E-state index contributed by atoms with van der Waals surface area (Å²) in [5.41, 5.74) is 0. The second-order valence-corrected chi connectivity index (χ2v) is 2.69. The van der Waals surface area contributed by atoms with Gasteiger partial charge in [-0.05, 0) is 20.0 Å². The van der Waals surface area contributed by atoms with Crippen LogP contribution in [0.3, 0.4) is 0 Å².